The fourth-order valence-corrected chi connectivity index (χ4v) is 3.07. The van der Waals surface area contributed by atoms with Gasteiger partial charge in [-0.1, -0.05) is 23.8 Å². The van der Waals surface area contributed by atoms with Crippen LogP contribution in [0, 0.1) is 0 Å². The molecule has 0 aliphatic rings. The van der Waals surface area contributed by atoms with E-state index in [0.29, 0.717) is 5.56 Å². The second-order valence-electron chi connectivity index (χ2n) is 3.82. The number of benzene rings is 1. The molecule has 20 heavy (non-hydrogen) atoms. The molecule has 0 unspecified atom stereocenters. The maximum Gasteiger partial charge on any atom is 0.264 e. The molecule has 3 N–H and O–H groups in total. The molecular weight excluding hydrogens is 322 g/mol. The Bertz CT molecular complexity index is 772. The number of rotatable bonds is 4. The van der Waals surface area contributed by atoms with Gasteiger partial charge < -0.3 is 5.73 Å². The summed E-state index contributed by atoms with van der Waals surface area (Å²) in [7, 11) is -2.25. The van der Waals surface area contributed by atoms with E-state index in [2.05, 4.69) is 14.8 Å². The van der Waals surface area contributed by atoms with E-state index >= 15 is 0 Å². The zero-order chi connectivity index (χ0) is 14.9. The van der Waals surface area contributed by atoms with Crippen LogP contribution in [0.5, 0.6) is 0 Å². The summed E-state index contributed by atoms with van der Waals surface area (Å²) in [5.41, 5.74) is 5.88. The standard InChI is InChI=1S/C10H10ClN5O2S2/c1-16-10(13-5-14-16)15-20(17,18)6-2-3-7(9(12)19)8(11)4-6/h2-5H,1H3,(H2,12,19)(H,13,14,15). The lowest BCUT2D eigenvalue weighted by molar-refractivity contribution is 0.600. The Hall–Kier alpha value is -1.71. The van der Waals surface area contributed by atoms with Crippen LogP contribution in [-0.4, -0.2) is 28.2 Å². The second-order valence-corrected chi connectivity index (χ2v) is 6.35. The summed E-state index contributed by atoms with van der Waals surface area (Å²) in [6.45, 7) is 0. The summed E-state index contributed by atoms with van der Waals surface area (Å²) < 4.78 is 27.9. The Morgan fingerprint density at radius 2 is 2.20 bits per heavy atom. The van der Waals surface area contributed by atoms with Gasteiger partial charge in [-0.3, -0.25) is 0 Å². The number of nitrogens with zero attached hydrogens (tertiary/aromatic N) is 3. The molecule has 7 nitrogen and oxygen atoms in total. The number of aromatic nitrogens is 3. The maximum absolute atomic E-state index is 12.2. The lowest BCUT2D eigenvalue weighted by Crippen LogP contribution is -2.17. The molecule has 1 aromatic carbocycles. The molecular formula is C10H10ClN5O2S2. The zero-order valence-corrected chi connectivity index (χ0v) is 12.6. The molecule has 1 heterocycles. The molecule has 2 aromatic rings. The Labute approximate surface area is 125 Å². The number of nitrogens with two attached hydrogens (primary N) is 1. The number of aryl methyl sites for hydroxylation is 1. The van der Waals surface area contributed by atoms with E-state index < -0.39 is 10.0 Å². The Morgan fingerprint density at radius 1 is 1.50 bits per heavy atom. The predicted octanol–water partition coefficient (Wildman–Crippen LogP) is 0.904. The quantitative estimate of drug-likeness (QED) is 0.807. The van der Waals surface area contributed by atoms with E-state index in [1.807, 2.05) is 0 Å². The van der Waals surface area contributed by atoms with E-state index in [-0.39, 0.29) is 20.9 Å². The third kappa shape index (κ3) is 2.89. The first kappa shape index (κ1) is 14.7. The van der Waals surface area contributed by atoms with Crippen LogP contribution in [0.25, 0.3) is 0 Å². The van der Waals surface area contributed by atoms with Crippen molar-refractivity contribution >= 4 is 44.8 Å². The maximum atomic E-state index is 12.2. The molecule has 0 saturated heterocycles. The van der Waals surface area contributed by atoms with Crippen molar-refractivity contribution in [2.45, 2.75) is 4.90 Å². The Balaban J connectivity index is 2.38. The third-order valence-electron chi connectivity index (χ3n) is 2.45. The number of hydrogen-bond acceptors (Lipinski definition) is 5. The Kier molecular flexibility index (Phi) is 3.93. The van der Waals surface area contributed by atoms with E-state index in [9.17, 15) is 8.42 Å². The molecule has 2 rings (SSSR count). The van der Waals surface area contributed by atoms with Crippen LogP contribution in [0.2, 0.25) is 5.02 Å². The van der Waals surface area contributed by atoms with E-state index in [0.717, 1.165) is 0 Å². The smallest absolute Gasteiger partial charge is 0.264 e. The number of thiocarbonyl (C=S) groups is 1. The van der Waals surface area contributed by atoms with Crippen LogP contribution in [0.4, 0.5) is 5.95 Å². The highest BCUT2D eigenvalue weighted by Gasteiger charge is 2.18. The second kappa shape index (κ2) is 5.35. The Morgan fingerprint density at radius 3 is 2.70 bits per heavy atom. The van der Waals surface area contributed by atoms with E-state index in [4.69, 9.17) is 29.6 Å². The van der Waals surface area contributed by atoms with Crippen molar-refractivity contribution < 1.29 is 8.42 Å². The molecule has 0 aliphatic heterocycles. The van der Waals surface area contributed by atoms with Gasteiger partial charge in [0, 0.05) is 12.6 Å². The molecule has 0 aliphatic carbocycles. The zero-order valence-electron chi connectivity index (χ0n) is 10.2. The molecule has 10 heteroatoms. The fourth-order valence-electron chi connectivity index (χ4n) is 1.43. The van der Waals surface area contributed by atoms with Gasteiger partial charge in [0.05, 0.1) is 9.92 Å². The third-order valence-corrected chi connectivity index (χ3v) is 4.31. The normalized spacial score (nSPS) is 11.3. The summed E-state index contributed by atoms with van der Waals surface area (Å²) in [6.07, 6.45) is 1.24. The average molecular weight is 332 g/mol. The van der Waals surface area contributed by atoms with E-state index in [1.54, 1.807) is 7.05 Å². The highest BCUT2D eigenvalue weighted by molar-refractivity contribution is 7.92. The lowest BCUT2D eigenvalue weighted by Gasteiger charge is -2.08. The highest BCUT2D eigenvalue weighted by atomic mass is 35.5. The minimum Gasteiger partial charge on any atom is -0.389 e. The molecule has 0 bridgehead atoms. The number of nitrogens with one attached hydrogen (secondary N) is 1. The minimum atomic E-state index is -3.81. The minimum absolute atomic E-state index is 0.0227. The topological polar surface area (TPSA) is 103 Å². The summed E-state index contributed by atoms with van der Waals surface area (Å²) in [5, 5.41) is 3.93. The van der Waals surface area contributed by atoms with Gasteiger partial charge in [-0.25, -0.2) is 17.8 Å². The van der Waals surface area contributed by atoms with Crippen LogP contribution in [0.15, 0.2) is 29.4 Å². The van der Waals surface area contributed by atoms with Crippen molar-refractivity contribution in [3.05, 3.63) is 35.1 Å². The molecule has 1 aromatic heterocycles. The van der Waals surface area contributed by atoms with Crippen LogP contribution < -0.4 is 10.5 Å². The molecule has 0 radical (unpaired) electrons. The summed E-state index contributed by atoms with van der Waals surface area (Å²) in [5.74, 6) is 0.0968. The molecule has 0 amide bonds. The van der Waals surface area contributed by atoms with Gasteiger partial charge in [0.25, 0.3) is 10.0 Å². The largest absolute Gasteiger partial charge is 0.389 e. The van der Waals surface area contributed by atoms with Gasteiger partial charge in [-0.05, 0) is 18.2 Å². The van der Waals surface area contributed by atoms with Crippen molar-refractivity contribution in [2.24, 2.45) is 12.8 Å². The van der Waals surface area contributed by atoms with Crippen molar-refractivity contribution in [3.8, 4) is 0 Å². The molecule has 0 saturated carbocycles. The number of sulfonamides is 1. The predicted molar refractivity (Wildman–Crippen MR) is 79.2 cm³/mol. The molecule has 106 valence electrons. The first-order valence-corrected chi connectivity index (χ1v) is 7.54. The van der Waals surface area contributed by atoms with Gasteiger partial charge in [0.2, 0.25) is 5.95 Å². The number of halogens is 1. The average Bonchev–Trinajstić information content (AvgIpc) is 2.73. The van der Waals surface area contributed by atoms with Crippen molar-refractivity contribution in [1.29, 1.82) is 0 Å². The van der Waals surface area contributed by atoms with Crippen LogP contribution in [0.3, 0.4) is 0 Å². The monoisotopic (exact) mass is 331 g/mol. The lowest BCUT2D eigenvalue weighted by atomic mass is 10.2. The molecule has 0 spiro atoms. The van der Waals surface area contributed by atoms with Gasteiger partial charge >= 0.3 is 0 Å². The summed E-state index contributed by atoms with van der Waals surface area (Å²) in [6, 6.07) is 4.09. The van der Waals surface area contributed by atoms with Crippen molar-refractivity contribution in [1.82, 2.24) is 14.8 Å². The fraction of sp³-hybridized carbons (Fsp3) is 0.100. The first-order valence-electron chi connectivity index (χ1n) is 5.27. The first-order chi connectivity index (χ1) is 9.31. The molecule has 0 fully saturated rings. The van der Waals surface area contributed by atoms with Gasteiger partial charge in [-0.2, -0.15) is 10.1 Å². The summed E-state index contributed by atoms with van der Waals surface area (Å²) in [4.78, 5) is 3.86. The van der Waals surface area contributed by atoms with Crippen molar-refractivity contribution in [2.75, 3.05) is 4.72 Å². The van der Waals surface area contributed by atoms with Crippen LogP contribution >= 0.6 is 23.8 Å². The number of hydrogen-bond donors (Lipinski definition) is 2. The SMILES string of the molecule is Cn1ncnc1NS(=O)(=O)c1ccc(C(N)=S)c(Cl)c1. The number of anilines is 1. The van der Waals surface area contributed by atoms with Crippen LogP contribution in [-0.2, 0) is 17.1 Å². The van der Waals surface area contributed by atoms with Crippen LogP contribution in [0.1, 0.15) is 5.56 Å². The van der Waals surface area contributed by atoms with Gasteiger partial charge in [0.15, 0.2) is 0 Å². The molecule has 0 atom stereocenters. The highest BCUT2D eigenvalue weighted by Crippen LogP contribution is 2.22. The van der Waals surface area contributed by atoms with Gasteiger partial charge in [-0.15, -0.1) is 0 Å². The van der Waals surface area contributed by atoms with Crippen molar-refractivity contribution in [3.63, 3.8) is 0 Å². The van der Waals surface area contributed by atoms with Gasteiger partial charge in [0.1, 0.15) is 11.3 Å². The van der Waals surface area contributed by atoms with E-state index in [1.165, 1.54) is 29.2 Å². The summed E-state index contributed by atoms with van der Waals surface area (Å²) >= 11 is 10.8.